The Morgan fingerprint density at radius 2 is 1.65 bits per heavy atom. The van der Waals surface area contributed by atoms with Gasteiger partial charge >= 0.3 is 0 Å². The number of aliphatic hydroxyl groups is 1. The molecule has 1 atom stereocenters. The third-order valence-electron chi connectivity index (χ3n) is 4.23. The fraction of sp³-hybridized carbons (Fsp3) is 0.263. The SMILES string of the molecule is CCCCC1(O)C(=O)c2ccccc2N(c2ccccc2)C1=O. The van der Waals surface area contributed by atoms with Gasteiger partial charge in [0.15, 0.2) is 0 Å². The van der Waals surface area contributed by atoms with Crippen molar-refractivity contribution >= 4 is 23.1 Å². The molecule has 0 bridgehead atoms. The Morgan fingerprint density at radius 1 is 1.00 bits per heavy atom. The number of anilines is 2. The van der Waals surface area contributed by atoms with Gasteiger partial charge in [-0.25, -0.2) is 0 Å². The molecular formula is C19H19NO3. The Labute approximate surface area is 135 Å². The summed E-state index contributed by atoms with van der Waals surface area (Å²) >= 11 is 0. The van der Waals surface area contributed by atoms with Crippen LogP contribution < -0.4 is 4.90 Å². The van der Waals surface area contributed by atoms with Gasteiger partial charge < -0.3 is 5.11 Å². The standard InChI is InChI=1S/C19H19NO3/c1-2-3-13-19(23)17(21)15-11-7-8-12-16(15)20(18(19)22)14-9-5-4-6-10-14/h4-12,23H,2-3,13H2,1H3. The number of Topliss-reactive ketones (excluding diaryl/α,β-unsaturated/α-hetero) is 1. The monoisotopic (exact) mass is 309 g/mol. The van der Waals surface area contributed by atoms with Crippen molar-refractivity contribution in [2.45, 2.75) is 31.8 Å². The van der Waals surface area contributed by atoms with Gasteiger partial charge in [-0.05, 0) is 37.1 Å². The summed E-state index contributed by atoms with van der Waals surface area (Å²) in [6.07, 6.45) is 1.55. The highest BCUT2D eigenvalue weighted by molar-refractivity contribution is 6.29. The van der Waals surface area contributed by atoms with E-state index in [1.165, 1.54) is 4.90 Å². The number of carbonyl (C=O) groups is 2. The lowest BCUT2D eigenvalue weighted by molar-refractivity contribution is -0.132. The van der Waals surface area contributed by atoms with Crippen LogP contribution in [-0.4, -0.2) is 22.4 Å². The minimum absolute atomic E-state index is 0.138. The van der Waals surface area contributed by atoms with Crippen molar-refractivity contribution < 1.29 is 14.7 Å². The molecule has 1 heterocycles. The van der Waals surface area contributed by atoms with Gasteiger partial charge in [-0.15, -0.1) is 0 Å². The molecule has 0 spiro atoms. The molecule has 1 N–H and O–H groups in total. The lowest BCUT2D eigenvalue weighted by Gasteiger charge is -2.38. The molecule has 3 rings (SSSR count). The maximum Gasteiger partial charge on any atom is 0.271 e. The molecule has 0 radical (unpaired) electrons. The molecular weight excluding hydrogens is 290 g/mol. The molecule has 0 saturated heterocycles. The largest absolute Gasteiger partial charge is 0.373 e. The normalized spacial score (nSPS) is 20.5. The minimum atomic E-state index is -1.99. The number of ketones is 1. The van der Waals surface area contributed by atoms with Crippen LogP contribution in [0.2, 0.25) is 0 Å². The number of hydrogen-bond acceptors (Lipinski definition) is 3. The second-order valence-electron chi connectivity index (χ2n) is 5.79. The second kappa shape index (κ2) is 5.97. The molecule has 1 unspecified atom stereocenters. The summed E-state index contributed by atoms with van der Waals surface area (Å²) in [6.45, 7) is 1.96. The third kappa shape index (κ3) is 2.45. The zero-order valence-corrected chi connectivity index (χ0v) is 13.0. The molecule has 118 valence electrons. The quantitative estimate of drug-likeness (QED) is 0.880. The number of rotatable bonds is 4. The molecule has 1 amide bonds. The highest BCUT2D eigenvalue weighted by Gasteiger charge is 2.51. The van der Waals surface area contributed by atoms with Gasteiger partial charge in [-0.2, -0.15) is 0 Å². The highest BCUT2D eigenvalue weighted by atomic mass is 16.3. The summed E-state index contributed by atoms with van der Waals surface area (Å²) in [5.41, 5.74) is -0.433. The first-order chi connectivity index (χ1) is 11.1. The van der Waals surface area contributed by atoms with Crippen molar-refractivity contribution in [3.63, 3.8) is 0 Å². The number of benzene rings is 2. The first kappa shape index (κ1) is 15.4. The summed E-state index contributed by atoms with van der Waals surface area (Å²) in [5.74, 6) is -1.07. The van der Waals surface area contributed by atoms with Crippen LogP contribution in [0.15, 0.2) is 54.6 Å². The predicted octanol–water partition coefficient (Wildman–Crippen LogP) is 3.47. The fourth-order valence-electron chi connectivity index (χ4n) is 2.96. The summed E-state index contributed by atoms with van der Waals surface area (Å²) in [7, 11) is 0. The van der Waals surface area contributed by atoms with Gasteiger partial charge in [-0.3, -0.25) is 14.5 Å². The second-order valence-corrected chi connectivity index (χ2v) is 5.79. The van der Waals surface area contributed by atoms with E-state index in [0.29, 0.717) is 23.4 Å². The van der Waals surface area contributed by atoms with E-state index in [0.717, 1.165) is 6.42 Å². The summed E-state index contributed by atoms with van der Waals surface area (Å²) in [6, 6.07) is 16.0. The summed E-state index contributed by atoms with van der Waals surface area (Å²) < 4.78 is 0. The molecule has 0 fully saturated rings. The van der Waals surface area contributed by atoms with Crippen LogP contribution in [0, 0.1) is 0 Å². The topological polar surface area (TPSA) is 57.6 Å². The van der Waals surface area contributed by atoms with Gasteiger partial charge in [0.05, 0.1) is 5.69 Å². The summed E-state index contributed by atoms with van der Waals surface area (Å²) in [4.78, 5) is 27.2. The Hall–Kier alpha value is -2.46. The molecule has 0 saturated carbocycles. The van der Waals surface area contributed by atoms with E-state index in [-0.39, 0.29) is 6.42 Å². The number of amides is 1. The van der Waals surface area contributed by atoms with Crippen LogP contribution in [0.4, 0.5) is 11.4 Å². The average molecular weight is 309 g/mol. The first-order valence-electron chi connectivity index (χ1n) is 7.85. The number of hydrogen-bond donors (Lipinski definition) is 1. The van der Waals surface area contributed by atoms with Crippen LogP contribution in [0.25, 0.3) is 0 Å². The zero-order chi connectivity index (χ0) is 16.4. The molecule has 4 nitrogen and oxygen atoms in total. The van der Waals surface area contributed by atoms with E-state index in [2.05, 4.69) is 0 Å². The Bertz CT molecular complexity index is 741. The molecule has 2 aromatic carbocycles. The average Bonchev–Trinajstić information content (AvgIpc) is 2.59. The van der Waals surface area contributed by atoms with E-state index in [4.69, 9.17) is 0 Å². The van der Waals surface area contributed by atoms with Gasteiger partial charge in [0, 0.05) is 11.3 Å². The smallest absolute Gasteiger partial charge is 0.271 e. The lowest BCUT2D eigenvalue weighted by Crippen LogP contribution is -2.56. The van der Waals surface area contributed by atoms with Crippen molar-refractivity contribution in [1.82, 2.24) is 0 Å². The first-order valence-corrected chi connectivity index (χ1v) is 7.85. The van der Waals surface area contributed by atoms with E-state index in [9.17, 15) is 14.7 Å². The van der Waals surface area contributed by atoms with Gasteiger partial charge in [0.2, 0.25) is 11.4 Å². The Balaban J connectivity index is 2.17. The van der Waals surface area contributed by atoms with E-state index < -0.39 is 17.3 Å². The maximum absolute atomic E-state index is 13.0. The van der Waals surface area contributed by atoms with Crippen LogP contribution in [0.5, 0.6) is 0 Å². The number of nitrogens with zero attached hydrogens (tertiary/aromatic N) is 1. The predicted molar refractivity (Wildman–Crippen MR) is 88.8 cm³/mol. The molecule has 23 heavy (non-hydrogen) atoms. The fourth-order valence-corrected chi connectivity index (χ4v) is 2.96. The molecule has 1 aliphatic heterocycles. The van der Waals surface area contributed by atoms with Crippen molar-refractivity contribution in [3.05, 3.63) is 60.2 Å². The number of fused-ring (bicyclic) bond motifs is 1. The number of para-hydroxylation sites is 2. The van der Waals surface area contributed by atoms with E-state index in [1.807, 2.05) is 25.1 Å². The number of unbranched alkanes of at least 4 members (excludes halogenated alkanes) is 1. The third-order valence-corrected chi connectivity index (χ3v) is 4.23. The molecule has 2 aromatic rings. The Morgan fingerprint density at radius 3 is 2.35 bits per heavy atom. The van der Waals surface area contributed by atoms with E-state index >= 15 is 0 Å². The van der Waals surface area contributed by atoms with Crippen molar-refractivity contribution in [2.75, 3.05) is 4.90 Å². The lowest BCUT2D eigenvalue weighted by atomic mass is 9.82. The zero-order valence-electron chi connectivity index (χ0n) is 13.0. The highest BCUT2D eigenvalue weighted by Crippen LogP contribution is 2.39. The number of carbonyl (C=O) groups excluding carboxylic acids is 2. The van der Waals surface area contributed by atoms with Gasteiger partial charge in [0.25, 0.3) is 5.91 Å². The Kier molecular flexibility index (Phi) is 4.01. The van der Waals surface area contributed by atoms with Crippen molar-refractivity contribution in [1.29, 1.82) is 0 Å². The van der Waals surface area contributed by atoms with Crippen LogP contribution in [0.3, 0.4) is 0 Å². The van der Waals surface area contributed by atoms with Crippen LogP contribution in [-0.2, 0) is 4.79 Å². The minimum Gasteiger partial charge on any atom is -0.373 e. The molecule has 0 aromatic heterocycles. The molecule has 1 aliphatic rings. The molecule has 0 aliphatic carbocycles. The van der Waals surface area contributed by atoms with Crippen LogP contribution in [0.1, 0.15) is 36.5 Å². The molecule has 4 heteroatoms. The van der Waals surface area contributed by atoms with Crippen molar-refractivity contribution in [3.8, 4) is 0 Å². The summed E-state index contributed by atoms with van der Waals surface area (Å²) in [5, 5.41) is 10.9. The maximum atomic E-state index is 13.0. The van der Waals surface area contributed by atoms with Crippen molar-refractivity contribution in [2.24, 2.45) is 0 Å². The van der Waals surface area contributed by atoms with Crippen LogP contribution >= 0.6 is 0 Å². The van der Waals surface area contributed by atoms with E-state index in [1.54, 1.807) is 36.4 Å². The van der Waals surface area contributed by atoms with Gasteiger partial charge in [-0.1, -0.05) is 43.7 Å². The van der Waals surface area contributed by atoms with Gasteiger partial charge in [0.1, 0.15) is 0 Å².